The topological polar surface area (TPSA) is 69.4 Å². The van der Waals surface area contributed by atoms with Gasteiger partial charge in [0.1, 0.15) is 5.82 Å². The molecule has 5 heteroatoms. The van der Waals surface area contributed by atoms with E-state index in [1.807, 2.05) is 18.2 Å². The van der Waals surface area contributed by atoms with E-state index in [1.54, 1.807) is 6.20 Å². The van der Waals surface area contributed by atoms with Crippen molar-refractivity contribution in [2.75, 3.05) is 18.7 Å². The van der Waals surface area contributed by atoms with Crippen LogP contribution in [0.2, 0.25) is 0 Å². The molecule has 1 atom stereocenters. The summed E-state index contributed by atoms with van der Waals surface area (Å²) < 4.78 is 10.8. The van der Waals surface area contributed by atoms with Gasteiger partial charge in [0.15, 0.2) is 11.5 Å². The summed E-state index contributed by atoms with van der Waals surface area (Å²) >= 11 is 0. The maximum absolute atomic E-state index is 5.92. The molecule has 1 unspecified atom stereocenters. The van der Waals surface area contributed by atoms with Crippen molar-refractivity contribution in [3.63, 3.8) is 0 Å². The minimum Gasteiger partial charge on any atom is -0.454 e. The average molecular weight is 259 g/mol. The van der Waals surface area contributed by atoms with Crippen LogP contribution in [0.25, 0.3) is 10.8 Å². The predicted octanol–water partition coefficient (Wildman–Crippen LogP) is 2.11. The summed E-state index contributed by atoms with van der Waals surface area (Å²) in [5, 5.41) is 5.40. The van der Waals surface area contributed by atoms with E-state index < -0.39 is 0 Å². The molecule has 1 aromatic heterocycles. The lowest BCUT2D eigenvalue weighted by Gasteiger charge is -2.12. The van der Waals surface area contributed by atoms with Crippen molar-refractivity contribution < 1.29 is 9.47 Å². The molecule has 0 saturated heterocycles. The van der Waals surface area contributed by atoms with Gasteiger partial charge in [-0.15, -0.1) is 0 Å². The Hall–Kier alpha value is -2.01. The SMILES string of the molecule is CCC(N)CNc1nccc2cc3c(cc12)OCO3. The van der Waals surface area contributed by atoms with Crippen LogP contribution in [-0.2, 0) is 0 Å². The van der Waals surface area contributed by atoms with E-state index in [2.05, 4.69) is 17.2 Å². The van der Waals surface area contributed by atoms with Gasteiger partial charge in [-0.05, 0) is 30.0 Å². The molecule has 0 bridgehead atoms. The molecule has 3 N–H and O–H groups in total. The first kappa shape index (κ1) is 12.0. The highest BCUT2D eigenvalue weighted by Crippen LogP contribution is 2.37. The third-order valence-corrected chi connectivity index (χ3v) is 3.31. The van der Waals surface area contributed by atoms with Crippen LogP contribution in [-0.4, -0.2) is 24.4 Å². The van der Waals surface area contributed by atoms with Gasteiger partial charge >= 0.3 is 0 Å². The number of nitrogens with one attached hydrogen (secondary N) is 1. The van der Waals surface area contributed by atoms with Crippen molar-refractivity contribution in [3.05, 3.63) is 24.4 Å². The van der Waals surface area contributed by atoms with Crippen LogP contribution in [0.15, 0.2) is 24.4 Å². The number of anilines is 1. The Kier molecular flexibility index (Phi) is 3.13. The number of nitrogens with zero attached hydrogens (tertiary/aromatic N) is 1. The lowest BCUT2D eigenvalue weighted by atomic mass is 10.1. The van der Waals surface area contributed by atoms with E-state index in [4.69, 9.17) is 15.2 Å². The number of hydrogen-bond donors (Lipinski definition) is 2. The van der Waals surface area contributed by atoms with Gasteiger partial charge in [0.05, 0.1) is 0 Å². The Bertz CT molecular complexity index is 601. The van der Waals surface area contributed by atoms with Crippen LogP contribution in [0.3, 0.4) is 0 Å². The fourth-order valence-corrected chi connectivity index (χ4v) is 2.08. The maximum Gasteiger partial charge on any atom is 0.231 e. The zero-order chi connectivity index (χ0) is 13.2. The Balaban J connectivity index is 1.96. The molecule has 100 valence electrons. The molecule has 0 spiro atoms. The first-order chi connectivity index (χ1) is 9.28. The monoisotopic (exact) mass is 259 g/mol. The molecule has 0 fully saturated rings. The number of benzene rings is 1. The van der Waals surface area contributed by atoms with Crippen LogP contribution in [0.4, 0.5) is 5.82 Å². The highest BCUT2D eigenvalue weighted by molar-refractivity contribution is 5.94. The molecule has 0 saturated carbocycles. The van der Waals surface area contributed by atoms with Crippen LogP contribution in [0, 0.1) is 0 Å². The van der Waals surface area contributed by atoms with E-state index >= 15 is 0 Å². The van der Waals surface area contributed by atoms with Crippen LogP contribution < -0.4 is 20.5 Å². The van der Waals surface area contributed by atoms with Gasteiger partial charge in [-0.25, -0.2) is 4.98 Å². The maximum atomic E-state index is 5.92. The van der Waals surface area contributed by atoms with Gasteiger partial charge in [0, 0.05) is 24.2 Å². The molecule has 1 aromatic carbocycles. The van der Waals surface area contributed by atoms with Crippen molar-refractivity contribution in [1.29, 1.82) is 0 Å². The number of aromatic nitrogens is 1. The summed E-state index contributed by atoms with van der Waals surface area (Å²) in [6, 6.07) is 6.03. The molecular formula is C14H17N3O2. The summed E-state index contributed by atoms with van der Waals surface area (Å²) in [6.45, 7) is 3.06. The molecule has 0 radical (unpaired) electrons. The molecular weight excluding hydrogens is 242 g/mol. The fraction of sp³-hybridized carbons (Fsp3) is 0.357. The van der Waals surface area contributed by atoms with Crippen molar-refractivity contribution >= 4 is 16.6 Å². The first-order valence-corrected chi connectivity index (χ1v) is 6.45. The quantitative estimate of drug-likeness (QED) is 0.880. The van der Waals surface area contributed by atoms with Gasteiger partial charge in [-0.2, -0.15) is 0 Å². The van der Waals surface area contributed by atoms with Gasteiger partial charge in [-0.1, -0.05) is 6.92 Å². The fourth-order valence-electron chi connectivity index (χ4n) is 2.08. The average Bonchev–Trinajstić information content (AvgIpc) is 2.89. The molecule has 5 nitrogen and oxygen atoms in total. The second-order valence-corrected chi connectivity index (χ2v) is 4.64. The van der Waals surface area contributed by atoms with E-state index in [9.17, 15) is 0 Å². The van der Waals surface area contributed by atoms with E-state index in [0.717, 1.165) is 34.5 Å². The molecule has 1 aliphatic heterocycles. The van der Waals surface area contributed by atoms with Crippen LogP contribution in [0.1, 0.15) is 13.3 Å². The second kappa shape index (κ2) is 4.93. The minimum atomic E-state index is 0.131. The van der Waals surface area contributed by atoms with Crippen molar-refractivity contribution in [1.82, 2.24) is 4.98 Å². The lowest BCUT2D eigenvalue weighted by molar-refractivity contribution is 0.174. The summed E-state index contributed by atoms with van der Waals surface area (Å²) in [4.78, 5) is 4.38. The summed E-state index contributed by atoms with van der Waals surface area (Å²) in [6.07, 6.45) is 2.72. The smallest absolute Gasteiger partial charge is 0.231 e. The normalized spacial score (nSPS) is 14.6. The summed E-state index contributed by atoms with van der Waals surface area (Å²) in [7, 11) is 0. The third-order valence-electron chi connectivity index (χ3n) is 3.31. The second-order valence-electron chi connectivity index (χ2n) is 4.64. The molecule has 2 heterocycles. The molecule has 19 heavy (non-hydrogen) atoms. The number of hydrogen-bond acceptors (Lipinski definition) is 5. The Morgan fingerprint density at radius 3 is 2.95 bits per heavy atom. The minimum absolute atomic E-state index is 0.131. The van der Waals surface area contributed by atoms with Crippen molar-refractivity contribution in [2.45, 2.75) is 19.4 Å². The van der Waals surface area contributed by atoms with E-state index in [-0.39, 0.29) is 12.8 Å². The predicted molar refractivity (Wildman–Crippen MR) is 74.6 cm³/mol. The first-order valence-electron chi connectivity index (χ1n) is 6.45. The molecule has 2 aromatic rings. The number of rotatable bonds is 4. The van der Waals surface area contributed by atoms with Gasteiger partial charge in [0.25, 0.3) is 0 Å². The summed E-state index contributed by atoms with van der Waals surface area (Å²) in [5.41, 5.74) is 5.92. The zero-order valence-corrected chi connectivity index (χ0v) is 10.8. The highest BCUT2D eigenvalue weighted by Gasteiger charge is 2.15. The third kappa shape index (κ3) is 2.29. The number of ether oxygens (including phenoxy) is 2. The standard InChI is InChI=1S/C14H17N3O2/c1-2-10(15)7-17-14-11-6-13-12(18-8-19-13)5-9(11)3-4-16-14/h3-6,10H,2,7-8,15H2,1H3,(H,16,17). The zero-order valence-electron chi connectivity index (χ0n) is 10.8. The van der Waals surface area contributed by atoms with E-state index in [0.29, 0.717) is 6.54 Å². The lowest BCUT2D eigenvalue weighted by Crippen LogP contribution is -2.28. The number of pyridine rings is 1. The largest absolute Gasteiger partial charge is 0.454 e. The summed E-state index contributed by atoms with van der Waals surface area (Å²) in [5.74, 6) is 2.39. The van der Waals surface area contributed by atoms with Crippen LogP contribution in [0.5, 0.6) is 11.5 Å². The number of nitrogens with two attached hydrogens (primary N) is 1. The van der Waals surface area contributed by atoms with E-state index in [1.165, 1.54) is 0 Å². The Labute approximate surface area is 111 Å². The molecule has 1 aliphatic rings. The Morgan fingerprint density at radius 1 is 1.37 bits per heavy atom. The Morgan fingerprint density at radius 2 is 2.16 bits per heavy atom. The highest BCUT2D eigenvalue weighted by atomic mass is 16.7. The van der Waals surface area contributed by atoms with Gasteiger partial charge < -0.3 is 20.5 Å². The van der Waals surface area contributed by atoms with Gasteiger partial charge in [0.2, 0.25) is 6.79 Å². The van der Waals surface area contributed by atoms with Crippen LogP contribution >= 0.6 is 0 Å². The van der Waals surface area contributed by atoms with Crippen molar-refractivity contribution in [3.8, 4) is 11.5 Å². The van der Waals surface area contributed by atoms with Crippen molar-refractivity contribution in [2.24, 2.45) is 5.73 Å². The molecule has 3 rings (SSSR count). The molecule has 0 aliphatic carbocycles. The van der Waals surface area contributed by atoms with Gasteiger partial charge in [-0.3, -0.25) is 0 Å². The number of fused-ring (bicyclic) bond motifs is 2. The molecule has 0 amide bonds.